The number of rotatable bonds is 5. The van der Waals surface area contributed by atoms with Gasteiger partial charge in [0.2, 0.25) is 0 Å². The van der Waals surface area contributed by atoms with Gasteiger partial charge in [-0.2, -0.15) is 11.8 Å². The average Bonchev–Trinajstić information content (AvgIpc) is 1.87. The molecule has 0 unspecified atom stereocenters. The van der Waals surface area contributed by atoms with Gasteiger partial charge in [0.15, 0.2) is 0 Å². The summed E-state index contributed by atoms with van der Waals surface area (Å²) < 4.78 is 0. The molecule has 0 heterocycles. The highest BCUT2D eigenvalue weighted by Gasteiger charge is 1.94. The Labute approximate surface area is 68.1 Å². The Morgan fingerprint density at radius 2 is 2.20 bits per heavy atom. The number of hydrogen-bond donors (Lipinski definition) is 1. The summed E-state index contributed by atoms with van der Waals surface area (Å²) in [6.07, 6.45) is 0. The fraction of sp³-hybridized carbons (Fsp3) is 0.750. The molecule has 0 saturated carbocycles. The molecule has 60 valence electrons. The fourth-order valence-electron chi connectivity index (χ4n) is 0.498. The van der Waals surface area contributed by atoms with E-state index in [2.05, 4.69) is 20.4 Å². The van der Waals surface area contributed by atoms with Crippen LogP contribution in [0.3, 0.4) is 0 Å². The van der Waals surface area contributed by atoms with E-state index in [-0.39, 0.29) is 0 Å². The second kappa shape index (κ2) is 5.81. The van der Waals surface area contributed by atoms with Gasteiger partial charge >= 0.3 is 0 Å². The molecule has 0 rings (SSSR count). The fourth-order valence-corrected chi connectivity index (χ4v) is 1.49. The van der Waals surface area contributed by atoms with E-state index in [0.717, 1.165) is 17.2 Å². The van der Waals surface area contributed by atoms with E-state index >= 15 is 0 Å². The SMILES string of the molecule is C=C(CN)CSCC(C)C. The molecule has 0 aromatic carbocycles. The van der Waals surface area contributed by atoms with Gasteiger partial charge in [0.1, 0.15) is 0 Å². The summed E-state index contributed by atoms with van der Waals surface area (Å²) in [5.41, 5.74) is 6.52. The van der Waals surface area contributed by atoms with Crippen molar-refractivity contribution in [1.82, 2.24) is 0 Å². The van der Waals surface area contributed by atoms with Gasteiger partial charge in [-0.15, -0.1) is 0 Å². The summed E-state index contributed by atoms with van der Waals surface area (Å²) in [5.74, 6) is 3.00. The molecule has 0 amide bonds. The van der Waals surface area contributed by atoms with Gasteiger partial charge in [-0.05, 0) is 11.7 Å². The summed E-state index contributed by atoms with van der Waals surface area (Å²) in [4.78, 5) is 0. The Kier molecular flexibility index (Phi) is 5.84. The Morgan fingerprint density at radius 1 is 1.60 bits per heavy atom. The summed E-state index contributed by atoms with van der Waals surface area (Å²) in [6.45, 7) is 8.90. The first-order valence-electron chi connectivity index (χ1n) is 3.61. The highest BCUT2D eigenvalue weighted by Crippen LogP contribution is 2.09. The second-order valence-corrected chi connectivity index (χ2v) is 3.89. The van der Waals surface area contributed by atoms with Crippen molar-refractivity contribution in [2.45, 2.75) is 13.8 Å². The second-order valence-electron chi connectivity index (χ2n) is 2.86. The minimum Gasteiger partial charge on any atom is -0.327 e. The summed E-state index contributed by atoms with van der Waals surface area (Å²) >= 11 is 1.91. The van der Waals surface area contributed by atoms with E-state index in [0.29, 0.717) is 6.54 Å². The molecule has 0 aromatic rings. The lowest BCUT2D eigenvalue weighted by Crippen LogP contribution is -2.04. The summed E-state index contributed by atoms with van der Waals surface area (Å²) in [6, 6.07) is 0. The molecule has 2 N–H and O–H groups in total. The van der Waals surface area contributed by atoms with Crippen LogP contribution in [-0.4, -0.2) is 18.1 Å². The van der Waals surface area contributed by atoms with E-state index in [9.17, 15) is 0 Å². The molecule has 0 radical (unpaired) electrons. The van der Waals surface area contributed by atoms with Crippen molar-refractivity contribution in [2.75, 3.05) is 18.1 Å². The van der Waals surface area contributed by atoms with Crippen LogP contribution in [0.5, 0.6) is 0 Å². The molecule has 10 heavy (non-hydrogen) atoms. The van der Waals surface area contributed by atoms with Crippen LogP contribution in [-0.2, 0) is 0 Å². The first kappa shape index (κ1) is 10.0. The molecule has 0 saturated heterocycles. The molecule has 1 nitrogen and oxygen atoms in total. The minimum absolute atomic E-state index is 0.630. The molecule has 0 aliphatic rings. The standard InChI is InChI=1S/C8H17NS/c1-7(2)5-10-6-8(3)4-9/h7H,3-6,9H2,1-2H3. The van der Waals surface area contributed by atoms with Crippen LogP contribution in [0.2, 0.25) is 0 Å². The third-order valence-electron chi connectivity index (χ3n) is 1.05. The van der Waals surface area contributed by atoms with E-state index in [1.807, 2.05) is 11.8 Å². The molecule has 0 spiro atoms. The Bertz CT molecular complexity index is 99.4. The maximum Gasteiger partial charge on any atom is 0.0153 e. The maximum atomic E-state index is 5.38. The Hall–Kier alpha value is 0.0500. The van der Waals surface area contributed by atoms with Crippen molar-refractivity contribution in [3.8, 4) is 0 Å². The molecule has 0 atom stereocenters. The first-order valence-corrected chi connectivity index (χ1v) is 4.76. The van der Waals surface area contributed by atoms with Gasteiger partial charge in [-0.3, -0.25) is 0 Å². The molecule has 0 aromatic heterocycles. The lowest BCUT2D eigenvalue weighted by Gasteiger charge is -2.04. The zero-order chi connectivity index (χ0) is 7.98. The monoisotopic (exact) mass is 159 g/mol. The Balaban J connectivity index is 3.12. The zero-order valence-electron chi connectivity index (χ0n) is 6.89. The van der Waals surface area contributed by atoms with Crippen molar-refractivity contribution >= 4 is 11.8 Å². The van der Waals surface area contributed by atoms with Crippen LogP contribution in [0.1, 0.15) is 13.8 Å². The lowest BCUT2D eigenvalue weighted by molar-refractivity contribution is 0.750. The molecule has 0 aliphatic heterocycles. The van der Waals surface area contributed by atoms with Crippen molar-refractivity contribution in [3.05, 3.63) is 12.2 Å². The van der Waals surface area contributed by atoms with Crippen LogP contribution in [0, 0.1) is 5.92 Å². The van der Waals surface area contributed by atoms with Crippen LogP contribution in [0.15, 0.2) is 12.2 Å². The molecular weight excluding hydrogens is 142 g/mol. The van der Waals surface area contributed by atoms with Crippen molar-refractivity contribution < 1.29 is 0 Å². The smallest absolute Gasteiger partial charge is 0.0153 e. The third kappa shape index (κ3) is 6.17. The predicted octanol–water partition coefficient (Wildman–Crippen LogP) is 1.89. The summed E-state index contributed by atoms with van der Waals surface area (Å²) in [7, 11) is 0. The quantitative estimate of drug-likeness (QED) is 0.620. The molecule has 0 fully saturated rings. The molecule has 0 bridgehead atoms. The zero-order valence-corrected chi connectivity index (χ0v) is 7.71. The maximum absolute atomic E-state index is 5.38. The normalized spacial score (nSPS) is 10.4. The molecular formula is C8H17NS. The van der Waals surface area contributed by atoms with Crippen LogP contribution in [0.4, 0.5) is 0 Å². The highest BCUT2D eigenvalue weighted by molar-refractivity contribution is 7.99. The number of nitrogens with two attached hydrogens (primary N) is 1. The number of thioether (sulfide) groups is 1. The molecule has 0 aliphatic carbocycles. The summed E-state index contributed by atoms with van der Waals surface area (Å²) in [5, 5.41) is 0. The van der Waals surface area contributed by atoms with Crippen LogP contribution < -0.4 is 5.73 Å². The third-order valence-corrected chi connectivity index (χ3v) is 2.56. The molecule has 2 heteroatoms. The number of hydrogen-bond acceptors (Lipinski definition) is 2. The first-order chi connectivity index (χ1) is 4.66. The van der Waals surface area contributed by atoms with Gasteiger partial charge in [-0.1, -0.05) is 26.0 Å². The van der Waals surface area contributed by atoms with E-state index < -0.39 is 0 Å². The van der Waals surface area contributed by atoms with E-state index in [1.54, 1.807) is 0 Å². The average molecular weight is 159 g/mol. The van der Waals surface area contributed by atoms with Crippen molar-refractivity contribution in [1.29, 1.82) is 0 Å². The Morgan fingerprint density at radius 3 is 2.60 bits per heavy atom. The van der Waals surface area contributed by atoms with Gasteiger partial charge in [0, 0.05) is 12.3 Å². The van der Waals surface area contributed by atoms with Crippen molar-refractivity contribution in [2.24, 2.45) is 11.7 Å². The van der Waals surface area contributed by atoms with Crippen LogP contribution in [0.25, 0.3) is 0 Å². The van der Waals surface area contributed by atoms with Crippen molar-refractivity contribution in [3.63, 3.8) is 0 Å². The van der Waals surface area contributed by atoms with Gasteiger partial charge in [0.05, 0.1) is 0 Å². The largest absolute Gasteiger partial charge is 0.327 e. The topological polar surface area (TPSA) is 26.0 Å². The van der Waals surface area contributed by atoms with E-state index in [4.69, 9.17) is 5.73 Å². The van der Waals surface area contributed by atoms with Gasteiger partial charge in [0.25, 0.3) is 0 Å². The van der Waals surface area contributed by atoms with Gasteiger partial charge in [-0.25, -0.2) is 0 Å². The van der Waals surface area contributed by atoms with E-state index in [1.165, 1.54) is 5.75 Å². The highest BCUT2D eigenvalue weighted by atomic mass is 32.2. The van der Waals surface area contributed by atoms with Gasteiger partial charge < -0.3 is 5.73 Å². The lowest BCUT2D eigenvalue weighted by atomic mass is 10.3. The van der Waals surface area contributed by atoms with Crippen LogP contribution >= 0.6 is 11.8 Å². The predicted molar refractivity (Wildman–Crippen MR) is 50.4 cm³/mol. The minimum atomic E-state index is 0.630.